The summed E-state index contributed by atoms with van der Waals surface area (Å²) in [6.07, 6.45) is -6.68. The van der Waals surface area contributed by atoms with Crippen LogP contribution in [0.15, 0.2) is 115 Å². The van der Waals surface area contributed by atoms with Gasteiger partial charge in [0.1, 0.15) is 42.2 Å². The fraction of sp³-hybridized carbons (Fsp3) is 0.360. The van der Waals surface area contributed by atoms with Gasteiger partial charge in [-0.05, 0) is 64.1 Å². The number of hydrogen-bond acceptors (Lipinski definition) is 13. The number of alkyl carbamates (subject to hydrolysis) is 1. The van der Waals surface area contributed by atoms with Gasteiger partial charge in [0.05, 0.1) is 26.2 Å². The lowest BCUT2D eigenvalue weighted by atomic mass is 9.70. The SMILES string of the molecule is COc1ccc([C@@]23Oc4cc(OC5O[C@@H]([C@H](O)CO)CO[C@H]5OC)cc(C)c4[C@]2(O)[C@H](O)[C@H](C(=O)NCCNC(=O)OCC2c4ccccc4-c4ccccc42)[C@H]3c2ccccc2)cc1. The second kappa shape index (κ2) is 18.1. The number of fused-ring (bicyclic) bond motifs is 6. The van der Waals surface area contributed by atoms with Gasteiger partial charge in [-0.15, -0.1) is 0 Å². The van der Waals surface area contributed by atoms with Crippen molar-refractivity contribution in [2.24, 2.45) is 5.92 Å². The van der Waals surface area contributed by atoms with Crippen molar-refractivity contribution in [3.8, 4) is 28.4 Å². The highest BCUT2D eigenvalue weighted by Gasteiger charge is 2.77. The van der Waals surface area contributed by atoms with Crippen molar-refractivity contribution < 1.29 is 63.2 Å². The molecule has 340 valence electrons. The number of carbonyl (C=O) groups is 2. The van der Waals surface area contributed by atoms with E-state index in [0.29, 0.717) is 22.4 Å². The molecule has 15 nitrogen and oxygen atoms in total. The third-order valence-electron chi connectivity index (χ3n) is 13.1. The predicted octanol–water partition coefficient (Wildman–Crippen LogP) is 4.35. The maximum atomic E-state index is 14.6. The lowest BCUT2D eigenvalue weighted by Crippen LogP contribution is -2.52. The molecule has 6 N–H and O–H groups in total. The third-order valence-corrected chi connectivity index (χ3v) is 13.1. The van der Waals surface area contributed by atoms with Crippen LogP contribution in [0.3, 0.4) is 0 Å². The first kappa shape index (κ1) is 44.2. The molecule has 0 spiro atoms. The summed E-state index contributed by atoms with van der Waals surface area (Å²) in [6.45, 7) is 1.27. The maximum Gasteiger partial charge on any atom is 0.407 e. The van der Waals surface area contributed by atoms with Gasteiger partial charge in [0.15, 0.2) is 11.2 Å². The Morgan fingerprint density at radius 2 is 1.51 bits per heavy atom. The Morgan fingerprint density at radius 3 is 2.17 bits per heavy atom. The smallest absolute Gasteiger partial charge is 0.407 e. The molecule has 2 aliphatic carbocycles. The molecule has 1 unspecified atom stereocenters. The summed E-state index contributed by atoms with van der Waals surface area (Å²) < 4.78 is 41.6. The van der Waals surface area contributed by atoms with Gasteiger partial charge in [-0.1, -0.05) is 91.0 Å². The van der Waals surface area contributed by atoms with Gasteiger partial charge >= 0.3 is 6.09 Å². The molecule has 2 heterocycles. The van der Waals surface area contributed by atoms with E-state index in [4.69, 9.17) is 33.2 Å². The van der Waals surface area contributed by atoms with Crippen molar-refractivity contribution in [1.82, 2.24) is 10.6 Å². The summed E-state index contributed by atoms with van der Waals surface area (Å²) in [4.78, 5) is 27.6. The molecular formula is C50H52N2O13. The number of methoxy groups -OCH3 is 2. The van der Waals surface area contributed by atoms with E-state index in [0.717, 1.165) is 22.3 Å². The average molecular weight is 889 g/mol. The number of rotatable bonds is 14. The van der Waals surface area contributed by atoms with Gasteiger partial charge in [-0.2, -0.15) is 0 Å². The number of aliphatic hydroxyl groups is 4. The molecule has 2 amide bonds. The highest BCUT2D eigenvalue weighted by atomic mass is 16.8. The summed E-state index contributed by atoms with van der Waals surface area (Å²) in [5.41, 5.74) is 2.17. The number of carbonyl (C=O) groups excluding carboxylic acids is 2. The molecule has 0 aromatic heterocycles. The van der Waals surface area contributed by atoms with Crippen molar-refractivity contribution in [3.63, 3.8) is 0 Å². The van der Waals surface area contributed by atoms with E-state index in [1.54, 1.807) is 43.3 Å². The number of aliphatic hydroxyl groups excluding tert-OH is 3. The number of benzene rings is 5. The lowest BCUT2D eigenvalue weighted by Gasteiger charge is -2.41. The summed E-state index contributed by atoms with van der Waals surface area (Å²) in [5.74, 6) is -2.00. The van der Waals surface area contributed by atoms with E-state index >= 15 is 0 Å². The van der Waals surface area contributed by atoms with E-state index in [9.17, 15) is 30.0 Å². The van der Waals surface area contributed by atoms with Crippen LogP contribution in [-0.2, 0) is 34.9 Å². The molecular weight excluding hydrogens is 837 g/mol. The zero-order chi connectivity index (χ0) is 45.5. The minimum Gasteiger partial charge on any atom is -0.497 e. The fourth-order valence-corrected chi connectivity index (χ4v) is 10.2. The second-order valence-electron chi connectivity index (χ2n) is 16.7. The van der Waals surface area contributed by atoms with Crippen molar-refractivity contribution in [3.05, 3.63) is 149 Å². The molecule has 9 atom stereocenters. The molecule has 2 aliphatic heterocycles. The molecule has 5 aromatic rings. The second-order valence-corrected chi connectivity index (χ2v) is 16.7. The zero-order valence-corrected chi connectivity index (χ0v) is 36.1. The van der Waals surface area contributed by atoms with Crippen LogP contribution in [0.4, 0.5) is 4.79 Å². The van der Waals surface area contributed by atoms with E-state index in [1.807, 2.05) is 66.7 Å². The zero-order valence-electron chi connectivity index (χ0n) is 36.1. The standard InChI is InChI=1S/C50H52N2O13/c1-28-23-32(63-47-46(60-3)61-27-40(64-47)38(54)25-53)24-39-42(28)49(58)44(55)41(43(29-11-5-4-6-12-29)50(49,65-39)30-17-19-31(59-2)20-18-30)45(56)51-21-22-52-48(57)62-26-37-35-15-9-7-13-33(35)34-14-8-10-16-36(34)37/h4-20,23-24,37-38,40-41,43-44,46-47,53-55,58H,21-22,25-27H2,1-3H3,(H,51,56)(H,52,57)/t38-,40-,41-,43-,44-,46-,47?,49+,50+/m1/s1. The van der Waals surface area contributed by atoms with Crippen molar-refractivity contribution in [2.45, 2.75) is 60.9 Å². The minimum atomic E-state index is -2.22. The Hall–Kier alpha value is -6.04. The summed E-state index contributed by atoms with van der Waals surface area (Å²) in [6, 6.07) is 35.4. The highest BCUT2D eigenvalue weighted by Crippen LogP contribution is 2.69. The average Bonchev–Trinajstić information content (AvgIpc) is 3.87. The minimum absolute atomic E-state index is 0.00942. The van der Waals surface area contributed by atoms with Crippen LogP contribution in [0, 0.1) is 12.8 Å². The Labute approximate surface area is 375 Å². The van der Waals surface area contributed by atoms with Gasteiger partial charge < -0.3 is 64.2 Å². The first-order valence-electron chi connectivity index (χ1n) is 21.6. The van der Waals surface area contributed by atoms with Gasteiger partial charge in [0.25, 0.3) is 6.29 Å². The summed E-state index contributed by atoms with van der Waals surface area (Å²) in [7, 11) is 2.95. The molecule has 65 heavy (non-hydrogen) atoms. The van der Waals surface area contributed by atoms with Gasteiger partial charge in [-0.25, -0.2) is 4.79 Å². The molecule has 2 fully saturated rings. The molecule has 4 aliphatic rings. The quantitative estimate of drug-likeness (QED) is 0.0860. The normalized spacial score (nSPS) is 26.8. The molecule has 0 bridgehead atoms. The first-order chi connectivity index (χ1) is 31.5. The molecule has 0 radical (unpaired) electrons. The highest BCUT2D eigenvalue weighted by molar-refractivity contribution is 5.83. The van der Waals surface area contributed by atoms with Crippen LogP contribution in [0.1, 0.15) is 45.2 Å². The van der Waals surface area contributed by atoms with E-state index < -0.39 is 72.5 Å². The number of hydrogen-bond donors (Lipinski definition) is 6. The number of aryl methyl sites for hydroxylation is 1. The largest absolute Gasteiger partial charge is 0.497 e. The van der Waals surface area contributed by atoms with E-state index in [2.05, 4.69) is 22.8 Å². The molecule has 9 rings (SSSR count). The Morgan fingerprint density at radius 1 is 0.846 bits per heavy atom. The van der Waals surface area contributed by atoms with Gasteiger partial charge in [-0.3, -0.25) is 4.79 Å². The van der Waals surface area contributed by atoms with Crippen LogP contribution in [0.5, 0.6) is 17.2 Å². The molecule has 1 saturated heterocycles. The summed E-state index contributed by atoms with van der Waals surface area (Å²) >= 11 is 0. The number of amides is 2. The van der Waals surface area contributed by atoms with Crippen LogP contribution in [0.2, 0.25) is 0 Å². The first-order valence-corrected chi connectivity index (χ1v) is 21.6. The monoisotopic (exact) mass is 888 g/mol. The molecule has 1 saturated carbocycles. The predicted molar refractivity (Wildman–Crippen MR) is 234 cm³/mol. The van der Waals surface area contributed by atoms with Gasteiger partial charge in [0.2, 0.25) is 12.2 Å². The van der Waals surface area contributed by atoms with Crippen LogP contribution in [-0.4, -0.2) is 110 Å². The van der Waals surface area contributed by atoms with E-state index in [-0.39, 0.29) is 49.3 Å². The van der Waals surface area contributed by atoms with Crippen LogP contribution in [0.25, 0.3) is 11.1 Å². The summed E-state index contributed by atoms with van der Waals surface area (Å²) in [5, 5.41) is 51.6. The molecule has 5 aromatic carbocycles. The topological polar surface area (TPSA) is 204 Å². The van der Waals surface area contributed by atoms with Crippen molar-refractivity contribution >= 4 is 12.0 Å². The third kappa shape index (κ3) is 7.56. The lowest BCUT2D eigenvalue weighted by molar-refractivity contribution is -0.324. The number of ether oxygens (including phenoxy) is 7. The van der Waals surface area contributed by atoms with Crippen molar-refractivity contribution in [2.75, 3.05) is 47.1 Å². The Bertz CT molecular complexity index is 2480. The molecule has 15 heteroatoms. The van der Waals surface area contributed by atoms with Crippen LogP contribution >= 0.6 is 0 Å². The van der Waals surface area contributed by atoms with Crippen molar-refractivity contribution in [1.29, 1.82) is 0 Å². The fourth-order valence-electron chi connectivity index (χ4n) is 10.2. The Balaban J connectivity index is 0.980. The van der Waals surface area contributed by atoms with E-state index in [1.165, 1.54) is 14.2 Å². The van der Waals surface area contributed by atoms with Crippen LogP contribution < -0.4 is 24.8 Å². The maximum absolute atomic E-state index is 14.6. The number of nitrogens with one attached hydrogen (secondary N) is 2. The van der Waals surface area contributed by atoms with Gasteiger partial charge in [0, 0.05) is 43.7 Å². The Kier molecular flexibility index (Phi) is 12.3.